The van der Waals surface area contributed by atoms with Crippen LogP contribution in [0.5, 0.6) is 5.75 Å². The van der Waals surface area contributed by atoms with Crippen LogP contribution in [0.3, 0.4) is 0 Å². The van der Waals surface area contributed by atoms with Crippen molar-refractivity contribution in [3.05, 3.63) is 52.3 Å². The summed E-state index contributed by atoms with van der Waals surface area (Å²) in [6.07, 6.45) is 0.0294. The molecule has 1 atom stereocenters. The number of hydrogen-bond donors (Lipinski definition) is 1. The van der Waals surface area contributed by atoms with Crippen molar-refractivity contribution >= 4 is 29.3 Å². The van der Waals surface area contributed by atoms with Crippen molar-refractivity contribution in [2.45, 2.75) is 26.3 Å². The fraction of sp³-hybridized carbons (Fsp3) is 0.300. The highest BCUT2D eigenvalue weighted by Crippen LogP contribution is 2.34. The van der Waals surface area contributed by atoms with Crippen LogP contribution in [-0.2, 0) is 11.2 Å². The molecule has 158 valence electrons. The summed E-state index contributed by atoms with van der Waals surface area (Å²) in [5.74, 6) is 0.978. The normalized spacial score (nSPS) is 11.9. The average molecular weight is 450 g/mol. The van der Waals surface area contributed by atoms with Gasteiger partial charge in [0.05, 0.1) is 18.3 Å². The number of carbonyl (C=O) groups is 1. The molecule has 0 saturated carbocycles. The summed E-state index contributed by atoms with van der Waals surface area (Å²) in [6.45, 7) is 4.13. The van der Waals surface area contributed by atoms with E-state index in [2.05, 4.69) is 20.8 Å². The van der Waals surface area contributed by atoms with E-state index in [0.717, 1.165) is 11.1 Å². The zero-order chi connectivity index (χ0) is 21.7. The molecule has 0 aliphatic heterocycles. The predicted molar refractivity (Wildman–Crippen MR) is 114 cm³/mol. The second-order valence-corrected chi connectivity index (χ2v) is 7.43. The van der Waals surface area contributed by atoms with Crippen LogP contribution in [0.4, 0.5) is 4.79 Å². The second kappa shape index (κ2) is 9.88. The van der Waals surface area contributed by atoms with Crippen LogP contribution in [0.1, 0.15) is 19.7 Å². The quantitative estimate of drug-likeness (QED) is 0.577. The Bertz CT molecular complexity index is 1040. The molecule has 0 fully saturated rings. The molecule has 0 saturated heterocycles. The molecule has 1 unspecified atom stereocenters. The number of tetrazole rings is 1. The number of nitrogens with one attached hydrogen (secondary N) is 1. The molecule has 3 rings (SSSR count). The number of amides is 1. The van der Waals surface area contributed by atoms with E-state index in [1.807, 2.05) is 19.9 Å². The maximum Gasteiger partial charge on any atom is 0.412 e. The van der Waals surface area contributed by atoms with Gasteiger partial charge in [-0.3, -0.25) is 0 Å². The van der Waals surface area contributed by atoms with Gasteiger partial charge >= 0.3 is 6.09 Å². The fourth-order valence-electron chi connectivity index (χ4n) is 2.90. The molecule has 30 heavy (non-hydrogen) atoms. The van der Waals surface area contributed by atoms with Gasteiger partial charge in [0.1, 0.15) is 5.75 Å². The van der Waals surface area contributed by atoms with Gasteiger partial charge in [-0.15, -0.1) is 5.10 Å². The van der Waals surface area contributed by atoms with Crippen LogP contribution in [0.15, 0.2) is 36.4 Å². The maximum absolute atomic E-state index is 12.3. The third-order valence-corrected chi connectivity index (χ3v) is 4.77. The first kappa shape index (κ1) is 22.0. The number of rotatable bonds is 7. The van der Waals surface area contributed by atoms with Crippen LogP contribution in [0, 0.1) is 0 Å². The SMILES string of the molecule is CCc1nnnn1-c1cc(OC(=O)NC(C)COC)cc(-c2ccc(Cl)cc2Cl)c1. The van der Waals surface area contributed by atoms with Gasteiger partial charge in [-0.1, -0.05) is 36.2 Å². The van der Waals surface area contributed by atoms with Gasteiger partial charge in [-0.2, -0.15) is 4.68 Å². The van der Waals surface area contributed by atoms with Gasteiger partial charge in [0.25, 0.3) is 0 Å². The zero-order valence-corrected chi connectivity index (χ0v) is 18.2. The summed E-state index contributed by atoms with van der Waals surface area (Å²) >= 11 is 12.4. The van der Waals surface area contributed by atoms with Gasteiger partial charge < -0.3 is 14.8 Å². The van der Waals surface area contributed by atoms with E-state index in [4.69, 9.17) is 32.7 Å². The highest BCUT2D eigenvalue weighted by Gasteiger charge is 2.15. The smallest absolute Gasteiger partial charge is 0.410 e. The molecule has 10 heteroatoms. The molecule has 1 aromatic heterocycles. The molecule has 0 aliphatic carbocycles. The first-order valence-corrected chi connectivity index (χ1v) is 10.0. The summed E-state index contributed by atoms with van der Waals surface area (Å²) in [4.78, 5) is 12.3. The number of carbonyl (C=O) groups excluding carboxylic acids is 1. The van der Waals surface area contributed by atoms with Crippen molar-refractivity contribution in [1.29, 1.82) is 0 Å². The molecule has 8 nitrogen and oxygen atoms in total. The summed E-state index contributed by atoms with van der Waals surface area (Å²) in [7, 11) is 1.56. The van der Waals surface area contributed by atoms with Gasteiger partial charge in [0.15, 0.2) is 5.82 Å². The third-order valence-electron chi connectivity index (χ3n) is 4.22. The lowest BCUT2D eigenvalue weighted by atomic mass is 10.0. The zero-order valence-electron chi connectivity index (χ0n) is 16.7. The molecule has 1 heterocycles. The lowest BCUT2D eigenvalue weighted by Crippen LogP contribution is -2.37. The topological polar surface area (TPSA) is 91.2 Å². The maximum atomic E-state index is 12.3. The highest BCUT2D eigenvalue weighted by atomic mass is 35.5. The number of ether oxygens (including phenoxy) is 2. The molecule has 1 amide bonds. The van der Waals surface area contributed by atoms with E-state index in [1.165, 1.54) is 0 Å². The monoisotopic (exact) mass is 449 g/mol. The molecular formula is C20H21Cl2N5O3. The Morgan fingerprint density at radius 2 is 2.03 bits per heavy atom. The summed E-state index contributed by atoms with van der Waals surface area (Å²) in [5, 5.41) is 15.5. The Labute approximate surface area is 184 Å². The molecule has 0 radical (unpaired) electrons. The van der Waals surface area contributed by atoms with Crippen molar-refractivity contribution in [3.8, 4) is 22.6 Å². The minimum atomic E-state index is -0.600. The van der Waals surface area contributed by atoms with Crippen molar-refractivity contribution < 1.29 is 14.3 Å². The summed E-state index contributed by atoms with van der Waals surface area (Å²) < 4.78 is 12.1. The van der Waals surface area contributed by atoms with E-state index >= 15 is 0 Å². The molecular weight excluding hydrogens is 429 g/mol. The Hall–Kier alpha value is -2.68. The Balaban J connectivity index is 2.01. The van der Waals surface area contributed by atoms with E-state index in [9.17, 15) is 4.79 Å². The van der Waals surface area contributed by atoms with Crippen molar-refractivity contribution in [3.63, 3.8) is 0 Å². The Kier molecular flexibility index (Phi) is 7.25. The fourth-order valence-corrected chi connectivity index (χ4v) is 3.42. The van der Waals surface area contributed by atoms with Gasteiger partial charge in [0, 0.05) is 35.2 Å². The van der Waals surface area contributed by atoms with E-state index < -0.39 is 6.09 Å². The number of aromatic nitrogens is 4. The number of hydrogen-bond acceptors (Lipinski definition) is 6. The van der Waals surface area contributed by atoms with Crippen LogP contribution >= 0.6 is 23.2 Å². The van der Waals surface area contributed by atoms with E-state index in [0.29, 0.717) is 40.3 Å². The second-order valence-electron chi connectivity index (χ2n) is 6.59. The van der Waals surface area contributed by atoms with E-state index in [-0.39, 0.29) is 6.04 Å². The molecule has 0 aliphatic rings. The van der Waals surface area contributed by atoms with Crippen LogP contribution in [-0.4, -0.2) is 46.1 Å². The Morgan fingerprint density at radius 3 is 2.73 bits per heavy atom. The average Bonchev–Trinajstić information content (AvgIpc) is 3.16. The largest absolute Gasteiger partial charge is 0.412 e. The number of aryl methyl sites for hydroxylation is 1. The minimum absolute atomic E-state index is 0.206. The van der Waals surface area contributed by atoms with Crippen molar-refractivity contribution in [2.24, 2.45) is 0 Å². The van der Waals surface area contributed by atoms with Gasteiger partial charge in [-0.25, -0.2) is 4.79 Å². The lowest BCUT2D eigenvalue weighted by molar-refractivity contribution is 0.159. The number of halogens is 2. The van der Waals surface area contributed by atoms with Gasteiger partial charge in [-0.05, 0) is 47.2 Å². The minimum Gasteiger partial charge on any atom is -0.410 e. The number of nitrogens with zero attached hydrogens (tertiary/aromatic N) is 4. The molecule has 0 spiro atoms. The first-order chi connectivity index (χ1) is 14.4. The van der Waals surface area contributed by atoms with E-state index in [1.54, 1.807) is 42.1 Å². The predicted octanol–water partition coefficient (Wildman–Crippen LogP) is 4.32. The highest BCUT2D eigenvalue weighted by molar-refractivity contribution is 6.36. The molecule has 1 N–H and O–H groups in total. The summed E-state index contributed by atoms with van der Waals surface area (Å²) in [6, 6.07) is 10.3. The standard InChI is InChI=1S/C20H21Cl2N5O3/c1-4-19-24-25-26-27(19)15-7-13(17-6-5-14(21)9-18(17)22)8-16(10-15)30-20(28)23-12(2)11-29-3/h5-10,12H,4,11H2,1-3H3,(H,23,28). The number of benzene rings is 2. The third kappa shape index (κ3) is 5.27. The number of methoxy groups -OCH3 is 1. The lowest BCUT2D eigenvalue weighted by Gasteiger charge is -2.15. The summed E-state index contributed by atoms with van der Waals surface area (Å²) in [5.41, 5.74) is 2.08. The first-order valence-electron chi connectivity index (χ1n) is 9.26. The van der Waals surface area contributed by atoms with Crippen LogP contribution in [0.25, 0.3) is 16.8 Å². The van der Waals surface area contributed by atoms with Crippen molar-refractivity contribution in [2.75, 3.05) is 13.7 Å². The van der Waals surface area contributed by atoms with Crippen molar-refractivity contribution in [1.82, 2.24) is 25.5 Å². The molecule has 2 aromatic carbocycles. The van der Waals surface area contributed by atoms with Crippen LogP contribution in [0.2, 0.25) is 10.0 Å². The molecule has 0 bridgehead atoms. The molecule has 3 aromatic rings. The van der Waals surface area contributed by atoms with Crippen LogP contribution < -0.4 is 10.1 Å². The Morgan fingerprint density at radius 1 is 1.23 bits per heavy atom. The van der Waals surface area contributed by atoms with Gasteiger partial charge in [0.2, 0.25) is 0 Å².